The molecular formula is C12H18N2O2S. The van der Waals surface area contributed by atoms with Crippen molar-refractivity contribution in [2.75, 3.05) is 22.4 Å². The Morgan fingerprint density at radius 2 is 2.00 bits per heavy atom. The van der Waals surface area contributed by atoms with Crippen LogP contribution in [-0.2, 0) is 10.0 Å². The maximum Gasteiger partial charge on any atom is 0.232 e. The van der Waals surface area contributed by atoms with Crippen LogP contribution in [0, 0.1) is 6.92 Å². The van der Waals surface area contributed by atoms with E-state index in [2.05, 4.69) is 5.32 Å². The molecule has 0 bridgehead atoms. The van der Waals surface area contributed by atoms with Gasteiger partial charge in [0.15, 0.2) is 0 Å². The van der Waals surface area contributed by atoms with Crippen molar-refractivity contribution in [1.82, 2.24) is 0 Å². The molecule has 17 heavy (non-hydrogen) atoms. The van der Waals surface area contributed by atoms with E-state index in [-0.39, 0.29) is 5.54 Å². The van der Waals surface area contributed by atoms with Crippen molar-refractivity contribution >= 4 is 21.4 Å². The van der Waals surface area contributed by atoms with E-state index in [1.807, 2.05) is 39.0 Å². The average Bonchev–Trinajstić information content (AvgIpc) is 2.13. The maximum atomic E-state index is 11.9. The average molecular weight is 254 g/mol. The molecule has 1 N–H and O–H groups in total. The fourth-order valence-corrected chi connectivity index (χ4v) is 3.35. The largest absolute Gasteiger partial charge is 0.377 e. The Balaban J connectivity index is 2.65. The van der Waals surface area contributed by atoms with Gasteiger partial charge in [-0.1, -0.05) is 12.1 Å². The fourth-order valence-electron chi connectivity index (χ4n) is 2.22. The van der Waals surface area contributed by atoms with E-state index in [0.717, 1.165) is 16.9 Å². The van der Waals surface area contributed by atoms with Gasteiger partial charge in [-0.3, -0.25) is 4.31 Å². The van der Waals surface area contributed by atoms with Gasteiger partial charge >= 0.3 is 0 Å². The summed E-state index contributed by atoms with van der Waals surface area (Å²) in [5.74, 6) is 0. The van der Waals surface area contributed by atoms with Crippen LogP contribution in [0.2, 0.25) is 0 Å². The van der Waals surface area contributed by atoms with E-state index in [0.29, 0.717) is 6.54 Å². The first-order valence-electron chi connectivity index (χ1n) is 5.56. The summed E-state index contributed by atoms with van der Waals surface area (Å²) < 4.78 is 25.3. The molecule has 0 fully saturated rings. The number of nitrogens with zero attached hydrogens (tertiary/aromatic N) is 1. The summed E-state index contributed by atoms with van der Waals surface area (Å²) in [7, 11) is -3.24. The lowest BCUT2D eigenvalue weighted by atomic mass is 9.99. The van der Waals surface area contributed by atoms with Crippen LogP contribution < -0.4 is 9.62 Å². The molecule has 0 unspecified atom stereocenters. The molecule has 0 saturated carbocycles. The van der Waals surface area contributed by atoms with Gasteiger partial charge in [-0.2, -0.15) is 0 Å². The van der Waals surface area contributed by atoms with E-state index in [9.17, 15) is 8.42 Å². The highest BCUT2D eigenvalue weighted by Gasteiger charge is 2.34. The third kappa shape index (κ3) is 2.24. The summed E-state index contributed by atoms with van der Waals surface area (Å²) in [5.41, 5.74) is 2.36. The maximum absolute atomic E-state index is 11.9. The van der Waals surface area contributed by atoms with Crippen molar-refractivity contribution in [3.8, 4) is 0 Å². The topological polar surface area (TPSA) is 49.4 Å². The van der Waals surface area contributed by atoms with E-state index in [1.54, 1.807) is 0 Å². The Morgan fingerprint density at radius 1 is 1.35 bits per heavy atom. The van der Waals surface area contributed by atoms with Crippen LogP contribution in [-0.4, -0.2) is 26.8 Å². The number of anilines is 2. The molecule has 0 aliphatic carbocycles. The van der Waals surface area contributed by atoms with Gasteiger partial charge in [0.05, 0.1) is 29.7 Å². The minimum absolute atomic E-state index is 0.260. The number of aryl methyl sites for hydroxylation is 1. The second kappa shape index (κ2) is 3.63. The minimum atomic E-state index is -3.24. The molecule has 94 valence electrons. The molecule has 1 aliphatic heterocycles. The molecule has 0 atom stereocenters. The number of benzene rings is 1. The van der Waals surface area contributed by atoms with Gasteiger partial charge < -0.3 is 5.32 Å². The second-order valence-electron chi connectivity index (χ2n) is 5.25. The van der Waals surface area contributed by atoms with Crippen LogP contribution in [0.5, 0.6) is 0 Å². The van der Waals surface area contributed by atoms with Gasteiger partial charge in [-0.25, -0.2) is 8.42 Å². The van der Waals surface area contributed by atoms with E-state index >= 15 is 0 Å². The molecule has 1 heterocycles. The lowest BCUT2D eigenvalue weighted by Crippen LogP contribution is -2.50. The van der Waals surface area contributed by atoms with Crippen molar-refractivity contribution in [2.45, 2.75) is 26.3 Å². The summed E-state index contributed by atoms with van der Waals surface area (Å²) in [6.07, 6.45) is 1.25. The van der Waals surface area contributed by atoms with Crippen LogP contribution in [0.25, 0.3) is 0 Å². The fraction of sp³-hybridized carbons (Fsp3) is 0.500. The first-order valence-corrected chi connectivity index (χ1v) is 7.41. The highest BCUT2D eigenvalue weighted by molar-refractivity contribution is 7.92. The number of hydrogen-bond donors (Lipinski definition) is 1. The van der Waals surface area contributed by atoms with E-state index in [1.165, 1.54) is 10.6 Å². The first kappa shape index (κ1) is 12.2. The molecule has 2 rings (SSSR count). The van der Waals surface area contributed by atoms with E-state index in [4.69, 9.17) is 0 Å². The number of para-hydroxylation sites is 1. The summed E-state index contributed by atoms with van der Waals surface area (Å²) >= 11 is 0. The number of sulfonamides is 1. The summed E-state index contributed by atoms with van der Waals surface area (Å²) in [5, 5.41) is 3.37. The number of rotatable bonds is 1. The first-order chi connectivity index (χ1) is 7.71. The molecule has 0 aromatic heterocycles. The Labute approximate surface area is 103 Å². The Morgan fingerprint density at radius 3 is 2.59 bits per heavy atom. The van der Waals surface area contributed by atoms with Crippen LogP contribution in [0.15, 0.2) is 18.2 Å². The minimum Gasteiger partial charge on any atom is -0.377 e. The van der Waals surface area contributed by atoms with Gasteiger partial charge in [0, 0.05) is 0 Å². The Bertz CT molecular complexity index is 550. The van der Waals surface area contributed by atoms with Crippen molar-refractivity contribution in [3.05, 3.63) is 23.8 Å². The molecule has 5 heteroatoms. The van der Waals surface area contributed by atoms with Crippen molar-refractivity contribution in [3.63, 3.8) is 0 Å². The van der Waals surface area contributed by atoms with Crippen LogP contribution in [0.4, 0.5) is 11.4 Å². The molecule has 0 spiro atoms. The number of nitrogens with one attached hydrogen (secondary N) is 1. The van der Waals surface area contributed by atoms with Crippen molar-refractivity contribution in [2.24, 2.45) is 0 Å². The monoisotopic (exact) mass is 254 g/mol. The van der Waals surface area contributed by atoms with Gasteiger partial charge in [0.2, 0.25) is 10.0 Å². The van der Waals surface area contributed by atoms with Crippen molar-refractivity contribution in [1.29, 1.82) is 0 Å². The second-order valence-corrected chi connectivity index (χ2v) is 7.16. The highest BCUT2D eigenvalue weighted by Crippen LogP contribution is 2.38. The zero-order chi connectivity index (χ0) is 12.8. The summed E-state index contributed by atoms with van der Waals surface area (Å²) in [4.78, 5) is 0. The van der Waals surface area contributed by atoms with Gasteiger partial charge in [-0.15, -0.1) is 0 Å². The molecule has 1 aromatic carbocycles. The molecule has 4 nitrogen and oxygen atoms in total. The zero-order valence-electron chi connectivity index (χ0n) is 10.6. The third-order valence-electron chi connectivity index (χ3n) is 2.90. The molecular weight excluding hydrogens is 236 g/mol. The Hall–Kier alpha value is -1.23. The molecule has 1 aromatic rings. The predicted octanol–water partition coefficient (Wildman–Crippen LogP) is 1.97. The number of hydrogen-bond acceptors (Lipinski definition) is 3. The Kier molecular flexibility index (Phi) is 2.61. The molecule has 1 aliphatic rings. The SMILES string of the molecule is Cc1cccc2c1N(S(C)(=O)=O)CC(C)(C)N2. The standard InChI is InChI=1S/C12H18N2O2S/c1-9-6-5-7-10-11(9)14(17(4,15)16)8-12(2,3)13-10/h5-7,13H,8H2,1-4H3. The smallest absolute Gasteiger partial charge is 0.232 e. The van der Waals surface area contributed by atoms with Crippen LogP contribution in [0.1, 0.15) is 19.4 Å². The molecule has 0 saturated heterocycles. The molecule has 0 amide bonds. The lowest BCUT2D eigenvalue weighted by molar-refractivity contribution is 0.546. The lowest BCUT2D eigenvalue weighted by Gasteiger charge is -2.41. The van der Waals surface area contributed by atoms with Gasteiger partial charge in [0.25, 0.3) is 0 Å². The summed E-state index contributed by atoms with van der Waals surface area (Å²) in [6.45, 7) is 6.37. The van der Waals surface area contributed by atoms with Crippen LogP contribution >= 0.6 is 0 Å². The highest BCUT2D eigenvalue weighted by atomic mass is 32.2. The predicted molar refractivity (Wildman–Crippen MR) is 71.1 cm³/mol. The van der Waals surface area contributed by atoms with E-state index < -0.39 is 10.0 Å². The van der Waals surface area contributed by atoms with Crippen molar-refractivity contribution < 1.29 is 8.42 Å². The normalized spacial score (nSPS) is 18.5. The third-order valence-corrected chi connectivity index (χ3v) is 4.01. The van der Waals surface area contributed by atoms with Crippen LogP contribution in [0.3, 0.4) is 0 Å². The zero-order valence-corrected chi connectivity index (χ0v) is 11.4. The van der Waals surface area contributed by atoms with Gasteiger partial charge in [-0.05, 0) is 32.4 Å². The summed E-state index contributed by atoms with van der Waals surface area (Å²) in [6, 6.07) is 5.78. The van der Waals surface area contributed by atoms with Gasteiger partial charge in [0.1, 0.15) is 0 Å². The quantitative estimate of drug-likeness (QED) is 0.833. The molecule has 0 radical (unpaired) electrons. The number of fused-ring (bicyclic) bond motifs is 1.